The van der Waals surface area contributed by atoms with E-state index in [0.717, 1.165) is 11.0 Å². The summed E-state index contributed by atoms with van der Waals surface area (Å²) in [7, 11) is 0. The van der Waals surface area contributed by atoms with Crippen LogP contribution >= 0.6 is 11.3 Å². The number of aliphatic hydroxyl groups excluding tert-OH is 1. The number of H-pyrrole nitrogens is 1. The Kier molecular flexibility index (Phi) is 3.88. The number of fused-ring (bicyclic) bond motifs is 1. The van der Waals surface area contributed by atoms with Gasteiger partial charge in [-0.1, -0.05) is 6.07 Å². The minimum atomic E-state index is -0.869. The molecule has 1 aliphatic heterocycles. The molecule has 4 heterocycles. The van der Waals surface area contributed by atoms with Crippen molar-refractivity contribution >= 4 is 39.7 Å². The lowest BCUT2D eigenvalue weighted by molar-refractivity contribution is -0.117. The standard InChI is InChI=1S/C21H15N3O4S/c1-11-4-7-15(28-11)18-17(19(25)16-3-2-8-29-16)20(26)21(27)24(18)12-5-6-13-14(9-12)23-10-22-13/h2-10,18,26H,1H3,(H,22,23). The number of thiophene rings is 1. The Balaban J connectivity index is 1.68. The topological polar surface area (TPSA) is 99.4 Å². The molecule has 0 radical (unpaired) electrons. The van der Waals surface area contributed by atoms with Crippen molar-refractivity contribution < 1.29 is 19.1 Å². The smallest absolute Gasteiger partial charge is 0.294 e. The fourth-order valence-electron chi connectivity index (χ4n) is 3.59. The molecule has 1 amide bonds. The van der Waals surface area contributed by atoms with Crippen LogP contribution in [-0.4, -0.2) is 26.8 Å². The molecule has 2 N–H and O–H groups in total. The predicted octanol–water partition coefficient (Wildman–Crippen LogP) is 4.31. The number of aliphatic hydroxyl groups is 1. The van der Waals surface area contributed by atoms with Gasteiger partial charge in [-0.15, -0.1) is 11.3 Å². The number of hydrogen-bond donors (Lipinski definition) is 2. The largest absolute Gasteiger partial charge is 0.503 e. The molecule has 5 rings (SSSR count). The summed E-state index contributed by atoms with van der Waals surface area (Å²) in [5.74, 6) is -0.555. The van der Waals surface area contributed by atoms with Crippen LogP contribution in [0.25, 0.3) is 11.0 Å². The highest BCUT2D eigenvalue weighted by Crippen LogP contribution is 2.43. The van der Waals surface area contributed by atoms with Gasteiger partial charge in [0.25, 0.3) is 5.91 Å². The lowest BCUT2D eigenvalue weighted by Crippen LogP contribution is -2.30. The number of carbonyl (C=O) groups is 2. The maximum absolute atomic E-state index is 13.2. The molecule has 0 saturated carbocycles. The lowest BCUT2D eigenvalue weighted by atomic mass is 10.00. The van der Waals surface area contributed by atoms with Gasteiger partial charge < -0.3 is 14.5 Å². The summed E-state index contributed by atoms with van der Waals surface area (Å²) in [4.78, 5) is 35.2. The molecule has 0 bridgehead atoms. The Morgan fingerprint density at radius 3 is 2.86 bits per heavy atom. The number of amides is 1. The molecule has 3 aromatic heterocycles. The molecule has 1 aliphatic rings. The van der Waals surface area contributed by atoms with E-state index in [1.807, 2.05) is 0 Å². The second kappa shape index (κ2) is 6.46. The number of furan rings is 1. The third kappa shape index (κ3) is 2.68. The van der Waals surface area contributed by atoms with Crippen LogP contribution in [0.4, 0.5) is 5.69 Å². The van der Waals surface area contributed by atoms with Gasteiger partial charge in [0.1, 0.15) is 17.6 Å². The van der Waals surface area contributed by atoms with Crippen LogP contribution in [0.5, 0.6) is 0 Å². The van der Waals surface area contributed by atoms with Crippen LogP contribution in [0.2, 0.25) is 0 Å². The average molecular weight is 405 g/mol. The van der Waals surface area contributed by atoms with Gasteiger partial charge in [-0.2, -0.15) is 0 Å². The van der Waals surface area contributed by atoms with E-state index < -0.39 is 23.5 Å². The molecule has 1 aromatic carbocycles. The zero-order valence-corrected chi connectivity index (χ0v) is 16.1. The van der Waals surface area contributed by atoms with Gasteiger partial charge in [-0.25, -0.2) is 4.98 Å². The van der Waals surface area contributed by atoms with Crippen LogP contribution in [-0.2, 0) is 4.79 Å². The number of Topliss-reactive ketones (excluding diaryl/α,β-unsaturated/α-hetero) is 1. The summed E-state index contributed by atoms with van der Waals surface area (Å²) in [5.41, 5.74) is 2.02. The van der Waals surface area contributed by atoms with Crippen molar-refractivity contribution in [3.63, 3.8) is 0 Å². The monoisotopic (exact) mass is 405 g/mol. The number of ketones is 1. The molecule has 7 nitrogen and oxygen atoms in total. The maximum atomic E-state index is 13.2. The highest BCUT2D eigenvalue weighted by Gasteiger charge is 2.46. The lowest BCUT2D eigenvalue weighted by Gasteiger charge is -2.25. The number of anilines is 1. The predicted molar refractivity (Wildman–Crippen MR) is 108 cm³/mol. The number of aryl methyl sites for hydroxylation is 1. The van der Waals surface area contributed by atoms with Gasteiger partial charge >= 0.3 is 0 Å². The van der Waals surface area contributed by atoms with Gasteiger partial charge in [-0.05, 0) is 48.7 Å². The fraction of sp³-hybridized carbons (Fsp3) is 0.0952. The van der Waals surface area contributed by atoms with E-state index in [4.69, 9.17) is 4.42 Å². The third-order valence-corrected chi connectivity index (χ3v) is 5.78. The Labute approximate surface area is 168 Å². The third-order valence-electron chi connectivity index (χ3n) is 4.91. The number of benzene rings is 1. The highest BCUT2D eigenvalue weighted by atomic mass is 32.1. The van der Waals surface area contributed by atoms with E-state index in [1.54, 1.807) is 61.1 Å². The van der Waals surface area contributed by atoms with Gasteiger partial charge in [0.2, 0.25) is 5.78 Å². The van der Waals surface area contributed by atoms with Crippen LogP contribution in [0.1, 0.15) is 27.2 Å². The molecule has 8 heteroatoms. The van der Waals surface area contributed by atoms with Crippen molar-refractivity contribution in [3.05, 3.63) is 81.9 Å². The quantitative estimate of drug-likeness (QED) is 0.493. The molecular weight excluding hydrogens is 390 g/mol. The molecule has 0 saturated heterocycles. The van der Waals surface area contributed by atoms with Crippen molar-refractivity contribution in [1.29, 1.82) is 0 Å². The number of rotatable bonds is 4. The molecule has 1 unspecified atom stereocenters. The minimum absolute atomic E-state index is 0.0107. The van der Waals surface area contributed by atoms with E-state index in [2.05, 4.69) is 9.97 Å². The normalized spacial score (nSPS) is 16.9. The number of aromatic nitrogens is 2. The second-order valence-corrected chi connectivity index (χ2v) is 7.65. The molecule has 4 aromatic rings. The van der Waals surface area contributed by atoms with Gasteiger partial charge in [-0.3, -0.25) is 14.5 Å². The second-order valence-electron chi connectivity index (χ2n) is 6.70. The van der Waals surface area contributed by atoms with Crippen molar-refractivity contribution in [2.75, 3.05) is 4.90 Å². The highest BCUT2D eigenvalue weighted by molar-refractivity contribution is 7.12. The Bertz CT molecular complexity index is 1280. The number of nitrogens with one attached hydrogen (secondary N) is 1. The van der Waals surface area contributed by atoms with Crippen molar-refractivity contribution in [2.24, 2.45) is 0 Å². The molecular formula is C21H15N3O4S. The van der Waals surface area contributed by atoms with Crippen LogP contribution in [0, 0.1) is 6.92 Å². The first-order valence-electron chi connectivity index (χ1n) is 8.89. The van der Waals surface area contributed by atoms with Crippen molar-refractivity contribution in [1.82, 2.24) is 9.97 Å². The number of imidazole rings is 1. The number of aromatic amines is 1. The van der Waals surface area contributed by atoms with Crippen molar-refractivity contribution in [2.45, 2.75) is 13.0 Å². The Hall–Kier alpha value is -3.65. The molecule has 0 aliphatic carbocycles. The van der Waals surface area contributed by atoms with E-state index in [-0.39, 0.29) is 5.57 Å². The molecule has 1 atom stereocenters. The van der Waals surface area contributed by atoms with Crippen LogP contribution in [0.15, 0.2) is 69.9 Å². The molecule has 29 heavy (non-hydrogen) atoms. The first-order chi connectivity index (χ1) is 14.0. The zero-order chi connectivity index (χ0) is 20.1. The van der Waals surface area contributed by atoms with Gasteiger partial charge in [0.15, 0.2) is 5.76 Å². The SMILES string of the molecule is Cc1ccc(C2C(C(=O)c3cccs3)=C(O)C(=O)N2c2ccc3nc[nH]c3c2)o1. The summed E-state index contributed by atoms with van der Waals surface area (Å²) in [6.45, 7) is 1.78. The summed E-state index contributed by atoms with van der Waals surface area (Å²) < 4.78 is 5.78. The Morgan fingerprint density at radius 1 is 1.28 bits per heavy atom. The van der Waals surface area contributed by atoms with E-state index in [1.165, 1.54) is 16.2 Å². The van der Waals surface area contributed by atoms with Crippen molar-refractivity contribution in [3.8, 4) is 0 Å². The number of hydrogen-bond acceptors (Lipinski definition) is 6. The van der Waals surface area contributed by atoms with Gasteiger partial charge in [0.05, 0.1) is 27.8 Å². The summed E-state index contributed by atoms with van der Waals surface area (Å²) >= 11 is 1.26. The molecule has 0 fully saturated rings. The van der Waals surface area contributed by atoms with Gasteiger partial charge in [0, 0.05) is 5.69 Å². The van der Waals surface area contributed by atoms with E-state index in [9.17, 15) is 14.7 Å². The maximum Gasteiger partial charge on any atom is 0.294 e. The van der Waals surface area contributed by atoms with Crippen LogP contribution in [0.3, 0.4) is 0 Å². The average Bonchev–Trinajstić information content (AvgIpc) is 3.49. The molecule has 0 spiro atoms. The number of nitrogens with zero attached hydrogens (tertiary/aromatic N) is 2. The first-order valence-corrected chi connectivity index (χ1v) is 9.77. The fourth-order valence-corrected chi connectivity index (χ4v) is 4.26. The van der Waals surface area contributed by atoms with E-state index >= 15 is 0 Å². The minimum Gasteiger partial charge on any atom is -0.503 e. The Morgan fingerprint density at radius 2 is 2.14 bits per heavy atom. The van der Waals surface area contributed by atoms with E-state index in [0.29, 0.717) is 22.1 Å². The van der Waals surface area contributed by atoms with Crippen LogP contribution < -0.4 is 4.90 Å². The summed E-state index contributed by atoms with van der Waals surface area (Å²) in [6, 6.07) is 11.3. The summed E-state index contributed by atoms with van der Waals surface area (Å²) in [6.07, 6.45) is 1.56. The molecule has 144 valence electrons. The zero-order valence-electron chi connectivity index (χ0n) is 15.2. The summed E-state index contributed by atoms with van der Waals surface area (Å²) in [5, 5.41) is 12.5. The number of carbonyl (C=O) groups excluding carboxylic acids is 2. The first kappa shape index (κ1) is 17.4.